The van der Waals surface area contributed by atoms with Gasteiger partial charge in [-0.25, -0.2) is 0 Å². The maximum atomic E-state index is 10.7. The van der Waals surface area contributed by atoms with E-state index < -0.39 is 12.0 Å². The van der Waals surface area contributed by atoms with Gasteiger partial charge in [0.05, 0.1) is 0 Å². The van der Waals surface area contributed by atoms with Crippen LogP contribution < -0.4 is 5.32 Å². The monoisotopic (exact) mass is 271 g/mol. The van der Waals surface area contributed by atoms with Crippen molar-refractivity contribution < 1.29 is 9.90 Å². The predicted molar refractivity (Wildman–Crippen MR) is 62.7 cm³/mol. The first-order valence-corrected chi connectivity index (χ1v) is 5.63. The molecule has 0 fully saturated rings. The molecule has 0 saturated heterocycles. The molecule has 0 spiro atoms. The number of hydrogen-bond acceptors (Lipinski definition) is 2. The first-order chi connectivity index (χ1) is 7.13. The molecule has 82 valence electrons. The van der Waals surface area contributed by atoms with Crippen LogP contribution >= 0.6 is 15.9 Å². The Hall–Kier alpha value is -0.870. The topological polar surface area (TPSA) is 49.3 Å². The number of halogens is 1. The van der Waals surface area contributed by atoms with Crippen LogP contribution in [0.4, 0.5) is 0 Å². The first kappa shape index (κ1) is 12.2. The second kappa shape index (κ2) is 5.88. The van der Waals surface area contributed by atoms with Crippen molar-refractivity contribution in [3.63, 3.8) is 0 Å². The van der Waals surface area contributed by atoms with E-state index in [2.05, 4.69) is 21.2 Å². The van der Waals surface area contributed by atoms with Gasteiger partial charge < -0.3 is 10.4 Å². The molecule has 0 aliphatic heterocycles. The molecule has 0 radical (unpaired) electrons. The van der Waals surface area contributed by atoms with Gasteiger partial charge in [0, 0.05) is 11.0 Å². The number of benzene rings is 1. The minimum atomic E-state index is -0.797. The second-order valence-electron chi connectivity index (χ2n) is 3.31. The molecule has 4 heteroatoms. The van der Waals surface area contributed by atoms with Crippen molar-refractivity contribution in [1.29, 1.82) is 0 Å². The third-order valence-electron chi connectivity index (χ3n) is 2.17. The number of aliphatic carboxylic acids is 1. The number of carboxylic acid groups (broad SMARTS) is 1. The Bertz CT molecular complexity index is 324. The van der Waals surface area contributed by atoms with E-state index in [1.165, 1.54) is 0 Å². The molecule has 0 amide bonds. The number of carboxylic acids is 1. The Morgan fingerprint density at radius 3 is 2.53 bits per heavy atom. The average molecular weight is 272 g/mol. The third kappa shape index (κ3) is 4.01. The Labute approximate surface area is 97.6 Å². The van der Waals surface area contributed by atoms with Gasteiger partial charge in [-0.3, -0.25) is 4.79 Å². The van der Waals surface area contributed by atoms with Gasteiger partial charge in [-0.15, -0.1) is 0 Å². The predicted octanol–water partition coefficient (Wildman–Crippen LogP) is 2.40. The van der Waals surface area contributed by atoms with Gasteiger partial charge in [0.25, 0.3) is 0 Å². The lowest BCUT2D eigenvalue weighted by molar-refractivity contribution is -0.139. The van der Waals surface area contributed by atoms with Crippen molar-refractivity contribution in [2.24, 2.45) is 0 Å². The molecular formula is C11H14BrNO2. The van der Waals surface area contributed by atoms with Crippen molar-refractivity contribution in [3.8, 4) is 0 Å². The lowest BCUT2D eigenvalue weighted by Crippen LogP contribution is -2.35. The van der Waals surface area contributed by atoms with Crippen LogP contribution in [-0.4, -0.2) is 17.1 Å². The molecule has 1 rings (SSSR count). The molecule has 0 bridgehead atoms. The van der Waals surface area contributed by atoms with Gasteiger partial charge >= 0.3 is 5.97 Å². The van der Waals surface area contributed by atoms with Crippen LogP contribution in [0.25, 0.3) is 0 Å². The fraction of sp³-hybridized carbons (Fsp3) is 0.364. The maximum absolute atomic E-state index is 10.7. The van der Waals surface area contributed by atoms with E-state index in [9.17, 15) is 4.79 Å². The summed E-state index contributed by atoms with van der Waals surface area (Å²) in [5.41, 5.74) is 1.08. The highest BCUT2D eigenvalue weighted by Crippen LogP contribution is 2.10. The zero-order valence-corrected chi connectivity index (χ0v) is 10.1. The molecule has 0 aliphatic rings. The van der Waals surface area contributed by atoms with Gasteiger partial charge in [-0.1, -0.05) is 35.0 Å². The van der Waals surface area contributed by atoms with Crippen molar-refractivity contribution in [1.82, 2.24) is 5.32 Å². The van der Waals surface area contributed by atoms with E-state index in [0.29, 0.717) is 13.0 Å². The van der Waals surface area contributed by atoms with E-state index >= 15 is 0 Å². The summed E-state index contributed by atoms with van der Waals surface area (Å²) < 4.78 is 1.02. The smallest absolute Gasteiger partial charge is 0.320 e. The van der Waals surface area contributed by atoms with Gasteiger partial charge in [0.15, 0.2) is 0 Å². The van der Waals surface area contributed by atoms with Gasteiger partial charge in [0.1, 0.15) is 6.04 Å². The minimum absolute atomic E-state index is 0.464. The fourth-order valence-corrected chi connectivity index (χ4v) is 1.51. The number of hydrogen-bond donors (Lipinski definition) is 2. The summed E-state index contributed by atoms with van der Waals surface area (Å²) in [5.74, 6) is -0.797. The van der Waals surface area contributed by atoms with Gasteiger partial charge in [-0.2, -0.15) is 0 Å². The Kier molecular flexibility index (Phi) is 4.78. The molecule has 0 heterocycles. The molecule has 1 aromatic carbocycles. The first-order valence-electron chi connectivity index (χ1n) is 4.84. The van der Waals surface area contributed by atoms with E-state index in [4.69, 9.17) is 5.11 Å². The molecule has 1 unspecified atom stereocenters. The second-order valence-corrected chi connectivity index (χ2v) is 4.22. The molecule has 0 aromatic heterocycles. The molecule has 1 aromatic rings. The van der Waals surface area contributed by atoms with Crippen LogP contribution in [0, 0.1) is 0 Å². The summed E-state index contributed by atoms with van der Waals surface area (Å²) in [6.45, 7) is 2.44. The van der Waals surface area contributed by atoms with Crippen LogP contribution in [-0.2, 0) is 11.3 Å². The van der Waals surface area contributed by atoms with Crippen LogP contribution in [0.2, 0.25) is 0 Å². The summed E-state index contributed by atoms with van der Waals surface area (Å²) in [6, 6.07) is 7.35. The van der Waals surface area contributed by atoms with E-state index in [0.717, 1.165) is 10.0 Å². The lowest BCUT2D eigenvalue weighted by Gasteiger charge is -2.11. The van der Waals surface area contributed by atoms with Crippen molar-refractivity contribution in [2.45, 2.75) is 25.9 Å². The number of rotatable bonds is 5. The highest BCUT2D eigenvalue weighted by molar-refractivity contribution is 9.10. The molecular weight excluding hydrogens is 258 g/mol. The highest BCUT2D eigenvalue weighted by atomic mass is 79.9. The summed E-state index contributed by atoms with van der Waals surface area (Å²) in [7, 11) is 0. The molecule has 0 saturated carbocycles. The number of nitrogens with one attached hydrogen (secondary N) is 1. The Balaban J connectivity index is 2.49. The summed E-state index contributed by atoms with van der Waals surface area (Å²) >= 11 is 3.35. The molecule has 15 heavy (non-hydrogen) atoms. The van der Waals surface area contributed by atoms with Crippen molar-refractivity contribution >= 4 is 21.9 Å². The lowest BCUT2D eigenvalue weighted by atomic mass is 10.2. The van der Waals surface area contributed by atoms with Crippen LogP contribution in [0.3, 0.4) is 0 Å². The van der Waals surface area contributed by atoms with E-state index in [1.807, 2.05) is 31.2 Å². The van der Waals surface area contributed by atoms with Crippen molar-refractivity contribution in [3.05, 3.63) is 34.3 Å². The average Bonchev–Trinajstić information content (AvgIpc) is 2.21. The molecule has 2 N–H and O–H groups in total. The van der Waals surface area contributed by atoms with Gasteiger partial charge in [0.2, 0.25) is 0 Å². The normalized spacial score (nSPS) is 12.4. The quantitative estimate of drug-likeness (QED) is 0.865. The minimum Gasteiger partial charge on any atom is -0.480 e. The molecule has 0 aliphatic carbocycles. The standard InChI is InChI=1S/C11H14BrNO2/c1-2-10(11(14)15)13-7-8-3-5-9(12)6-4-8/h3-6,10,13H,2,7H2,1H3,(H,14,15). The molecule has 1 atom stereocenters. The highest BCUT2D eigenvalue weighted by Gasteiger charge is 2.13. The SMILES string of the molecule is CCC(NCc1ccc(Br)cc1)C(=O)O. The zero-order valence-electron chi connectivity index (χ0n) is 8.53. The summed E-state index contributed by atoms with van der Waals surface area (Å²) in [6.07, 6.45) is 0.589. The van der Waals surface area contributed by atoms with Crippen LogP contribution in [0.1, 0.15) is 18.9 Å². The maximum Gasteiger partial charge on any atom is 0.320 e. The Morgan fingerprint density at radius 2 is 2.07 bits per heavy atom. The largest absolute Gasteiger partial charge is 0.480 e. The number of carbonyl (C=O) groups is 1. The van der Waals surface area contributed by atoms with Crippen molar-refractivity contribution in [2.75, 3.05) is 0 Å². The third-order valence-corrected chi connectivity index (χ3v) is 2.70. The molecule has 3 nitrogen and oxygen atoms in total. The van der Waals surface area contributed by atoms with Gasteiger partial charge in [-0.05, 0) is 24.1 Å². The summed E-state index contributed by atoms with van der Waals surface area (Å²) in [5, 5.41) is 11.8. The summed E-state index contributed by atoms with van der Waals surface area (Å²) in [4.78, 5) is 10.7. The fourth-order valence-electron chi connectivity index (χ4n) is 1.25. The van der Waals surface area contributed by atoms with Crippen LogP contribution in [0.15, 0.2) is 28.7 Å². The van der Waals surface area contributed by atoms with E-state index in [1.54, 1.807) is 0 Å². The zero-order chi connectivity index (χ0) is 11.3. The Morgan fingerprint density at radius 1 is 1.47 bits per heavy atom. The van der Waals surface area contributed by atoms with E-state index in [-0.39, 0.29) is 0 Å². The van der Waals surface area contributed by atoms with Crippen LogP contribution in [0.5, 0.6) is 0 Å².